The number of phenolic OH excluding ortho intramolecular Hbond substituents is 1. The number of benzene rings is 2. The van der Waals surface area contributed by atoms with Gasteiger partial charge in [0.05, 0.1) is 24.9 Å². The normalized spacial score (nSPS) is 17.6. The van der Waals surface area contributed by atoms with Crippen LogP contribution in [0.15, 0.2) is 79.0 Å². The number of aromatic hydroxyl groups is 1. The minimum Gasteiger partial charge on any atom is -0.508 e. The number of anilines is 1. The van der Waals surface area contributed by atoms with Crippen molar-refractivity contribution in [1.82, 2.24) is 14.9 Å². The van der Waals surface area contributed by atoms with Crippen molar-refractivity contribution in [2.75, 3.05) is 12.0 Å². The summed E-state index contributed by atoms with van der Waals surface area (Å²) in [5, 5.41) is 14.0. The third-order valence-electron chi connectivity index (χ3n) is 6.33. The molecule has 0 aliphatic carbocycles. The topological polar surface area (TPSA) is 62.5 Å². The van der Waals surface area contributed by atoms with Crippen LogP contribution >= 0.6 is 12.2 Å². The number of hydrogen-bond donors (Lipinski definition) is 2. The lowest BCUT2D eigenvalue weighted by Crippen LogP contribution is -2.29. The van der Waals surface area contributed by atoms with Crippen molar-refractivity contribution in [2.45, 2.75) is 25.9 Å². The number of aromatic nitrogens is 2. The zero-order valence-electron chi connectivity index (χ0n) is 19.3. The molecule has 1 fully saturated rings. The van der Waals surface area contributed by atoms with E-state index in [4.69, 9.17) is 17.0 Å². The van der Waals surface area contributed by atoms with Crippen LogP contribution in [0.25, 0.3) is 5.69 Å². The van der Waals surface area contributed by atoms with E-state index in [1.54, 1.807) is 25.4 Å². The minimum absolute atomic E-state index is 0.127. The van der Waals surface area contributed by atoms with Gasteiger partial charge in [-0.05, 0) is 86.2 Å². The second kappa shape index (κ2) is 8.83. The molecule has 1 saturated heterocycles. The maximum absolute atomic E-state index is 9.84. The van der Waals surface area contributed by atoms with Gasteiger partial charge in [0.2, 0.25) is 0 Å². The van der Waals surface area contributed by atoms with E-state index in [0.29, 0.717) is 5.11 Å². The molecule has 5 rings (SSSR count). The quantitative estimate of drug-likeness (QED) is 0.382. The smallest absolute Gasteiger partial charge is 0.174 e. The Morgan fingerprint density at radius 1 is 0.971 bits per heavy atom. The summed E-state index contributed by atoms with van der Waals surface area (Å²) in [6.07, 6.45) is 1.81. The van der Waals surface area contributed by atoms with Gasteiger partial charge in [0.25, 0.3) is 0 Å². The fourth-order valence-electron chi connectivity index (χ4n) is 4.80. The standard InChI is InChI=1S/C27H26N4O2S/c1-17-15-23(18(2)30(17)20-7-6-8-22(16-20)33-3)26-25(24-9-4-5-14-28-24)29-27(34)31(26)19-10-12-21(32)13-11-19/h4-16,25-26,32H,1-3H3,(H,29,34)/t25-,26-/m1/s1. The lowest BCUT2D eigenvalue weighted by molar-refractivity contribution is 0.414. The Hall–Kier alpha value is -3.84. The third-order valence-corrected chi connectivity index (χ3v) is 6.64. The molecule has 172 valence electrons. The number of methoxy groups -OCH3 is 1. The summed E-state index contributed by atoms with van der Waals surface area (Å²) in [6, 6.07) is 23.1. The summed E-state index contributed by atoms with van der Waals surface area (Å²) < 4.78 is 7.70. The van der Waals surface area contributed by atoms with Crippen LogP contribution in [0.3, 0.4) is 0 Å². The van der Waals surface area contributed by atoms with Crippen molar-refractivity contribution in [1.29, 1.82) is 0 Å². The Morgan fingerprint density at radius 3 is 2.47 bits per heavy atom. The van der Waals surface area contributed by atoms with Gasteiger partial charge in [-0.1, -0.05) is 12.1 Å². The van der Waals surface area contributed by atoms with Crippen LogP contribution in [0, 0.1) is 13.8 Å². The number of aryl methyl sites for hydroxylation is 1. The van der Waals surface area contributed by atoms with E-state index in [1.807, 2.05) is 48.5 Å². The van der Waals surface area contributed by atoms with Crippen molar-refractivity contribution in [3.8, 4) is 17.2 Å². The molecular weight excluding hydrogens is 444 g/mol. The van der Waals surface area contributed by atoms with E-state index < -0.39 is 0 Å². The molecular formula is C27H26N4O2S. The summed E-state index contributed by atoms with van der Waals surface area (Å²) in [5.74, 6) is 1.03. The molecule has 7 heteroatoms. The third kappa shape index (κ3) is 3.78. The number of rotatable bonds is 5. The van der Waals surface area contributed by atoms with Crippen LogP contribution in [0.2, 0.25) is 0 Å². The SMILES string of the molecule is COc1cccc(-n2c(C)cc([C@@H]3[C@@H](c4ccccn4)NC(=S)N3c3ccc(O)cc3)c2C)c1. The molecule has 0 radical (unpaired) electrons. The average molecular weight is 471 g/mol. The van der Waals surface area contributed by atoms with Crippen LogP contribution in [0.1, 0.15) is 34.7 Å². The summed E-state index contributed by atoms with van der Waals surface area (Å²) in [4.78, 5) is 6.76. The first-order valence-corrected chi connectivity index (χ1v) is 11.5. The molecule has 0 spiro atoms. The first kappa shape index (κ1) is 22.0. The molecule has 0 unspecified atom stereocenters. The summed E-state index contributed by atoms with van der Waals surface area (Å²) >= 11 is 5.82. The Morgan fingerprint density at radius 2 is 1.76 bits per heavy atom. The number of nitrogens with one attached hydrogen (secondary N) is 1. The fraction of sp³-hybridized carbons (Fsp3) is 0.185. The van der Waals surface area contributed by atoms with E-state index in [0.717, 1.165) is 39.8 Å². The number of ether oxygens (including phenoxy) is 1. The van der Waals surface area contributed by atoms with Crippen LogP contribution in [0.4, 0.5) is 5.69 Å². The molecule has 2 aromatic carbocycles. The number of phenols is 1. The van der Waals surface area contributed by atoms with Crippen LogP contribution in [-0.4, -0.2) is 26.9 Å². The molecule has 2 aromatic heterocycles. The zero-order chi connectivity index (χ0) is 23.8. The number of pyridine rings is 1. The molecule has 2 N–H and O–H groups in total. The Kier molecular flexibility index (Phi) is 5.71. The molecule has 34 heavy (non-hydrogen) atoms. The van der Waals surface area contributed by atoms with Gasteiger partial charge in [-0.25, -0.2) is 0 Å². The molecule has 0 amide bonds. The lowest BCUT2D eigenvalue weighted by atomic mass is 9.96. The molecule has 1 aliphatic rings. The minimum atomic E-state index is -0.137. The highest BCUT2D eigenvalue weighted by atomic mass is 32.1. The maximum atomic E-state index is 9.84. The second-order valence-corrected chi connectivity index (χ2v) is 8.76. The van der Waals surface area contributed by atoms with Gasteiger partial charge in [0.15, 0.2) is 5.11 Å². The van der Waals surface area contributed by atoms with Crippen molar-refractivity contribution in [3.05, 3.63) is 102 Å². The van der Waals surface area contributed by atoms with Crippen molar-refractivity contribution < 1.29 is 9.84 Å². The predicted molar refractivity (Wildman–Crippen MR) is 138 cm³/mol. The van der Waals surface area contributed by atoms with Crippen LogP contribution in [-0.2, 0) is 0 Å². The molecule has 3 heterocycles. The lowest BCUT2D eigenvalue weighted by Gasteiger charge is -2.28. The van der Waals surface area contributed by atoms with Crippen molar-refractivity contribution >= 4 is 23.0 Å². The molecule has 4 aromatic rings. The Labute approximate surface area is 204 Å². The highest BCUT2D eigenvalue weighted by Gasteiger charge is 2.42. The van der Waals surface area contributed by atoms with E-state index >= 15 is 0 Å². The summed E-state index contributed by atoms with van der Waals surface area (Å²) in [6.45, 7) is 4.24. The average Bonchev–Trinajstić information content (AvgIpc) is 3.35. The predicted octanol–water partition coefficient (Wildman–Crippen LogP) is 5.38. The highest BCUT2D eigenvalue weighted by molar-refractivity contribution is 7.80. The number of thiocarbonyl (C=S) groups is 1. The Balaban J connectivity index is 1.67. The maximum Gasteiger partial charge on any atom is 0.174 e. The first-order chi connectivity index (χ1) is 16.5. The van der Waals surface area contributed by atoms with E-state index in [1.165, 1.54) is 0 Å². The first-order valence-electron chi connectivity index (χ1n) is 11.1. The van der Waals surface area contributed by atoms with Gasteiger partial charge in [-0.3, -0.25) is 4.98 Å². The molecule has 1 aliphatic heterocycles. The van der Waals surface area contributed by atoms with Crippen LogP contribution in [0.5, 0.6) is 11.5 Å². The van der Waals surface area contributed by atoms with Crippen molar-refractivity contribution in [2.24, 2.45) is 0 Å². The largest absolute Gasteiger partial charge is 0.508 e. The summed E-state index contributed by atoms with van der Waals surface area (Å²) in [7, 11) is 1.68. The van der Waals surface area contributed by atoms with Gasteiger partial charge < -0.3 is 24.6 Å². The van der Waals surface area contributed by atoms with E-state index in [2.05, 4.69) is 45.7 Å². The van der Waals surface area contributed by atoms with Gasteiger partial charge in [-0.2, -0.15) is 0 Å². The number of nitrogens with zero attached hydrogens (tertiary/aromatic N) is 3. The van der Waals surface area contributed by atoms with Gasteiger partial charge in [-0.15, -0.1) is 0 Å². The molecule has 0 bridgehead atoms. The highest BCUT2D eigenvalue weighted by Crippen LogP contribution is 2.44. The zero-order valence-corrected chi connectivity index (χ0v) is 20.1. The monoisotopic (exact) mass is 470 g/mol. The van der Waals surface area contributed by atoms with Gasteiger partial charge in [0, 0.05) is 35.0 Å². The van der Waals surface area contributed by atoms with Gasteiger partial charge in [0.1, 0.15) is 11.5 Å². The van der Waals surface area contributed by atoms with E-state index in [9.17, 15) is 5.11 Å². The molecule has 2 atom stereocenters. The second-order valence-electron chi connectivity index (χ2n) is 8.38. The Bertz CT molecular complexity index is 1330. The van der Waals surface area contributed by atoms with E-state index in [-0.39, 0.29) is 17.8 Å². The molecule has 0 saturated carbocycles. The van der Waals surface area contributed by atoms with Gasteiger partial charge >= 0.3 is 0 Å². The van der Waals surface area contributed by atoms with Crippen LogP contribution < -0.4 is 15.0 Å². The van der Waals surface area contributed by atoms with Crippen molar-refractivity contribution in [3.63, 3.8) is 0 Å². The molecule has 6 nitrogen and oxygen atoms in total. The summed E-state index contributed by atoms with van der Waals surface area (Å²) in [5.41, 5.74) is 6.25. The fourth-order valence-corrected chi connectivity index (χ4v) is 5.14. The number of hydrogen-bond acceptors (Lipinski definition) is 4.